The summed E-state index contributed by atoms with van der Waals surface area (Å²) in [4.78, 5) is 3.84. The number of aliphatic hydroxyl groups is 1. The van der Waals surface area contributed by atoms with Gasteiger partial charge < -0.3 is 9.67 Å². The molecule has 6 nitrogen and oxygen atoms in total. The monoisotopic (exact) mass is 411 g/mol. The number of rotatable bonds is 4. The van der Waals surface area contributed by atoms with Gasteiger partial charge in [0.1, 0.15) is 10.7 Å². The number of nitrogens with two attached hydrogens (primary N) is 1. The second-order valence-corrected chi connectivity index (χ2v) is 8.28. The van der Waals surface area contributed by atoms with E-state index < -0.39 is 26.3 Å². The first-order chi connectivity index (χ1) is 13.7. The fraction of sp³-hybridized carbons (Fsp3) is 0.0952. The molecule has 3 aromatic carbocycles. The van der Waals surface area contributed by atoms with Crippen molar-refractivity contribution < 1.29 is 17.9 Å². The average Bonchev–Trinajstić information content (AvgIpc) is 3.03. The summed E-state index contributed by atoms with van der Waals surface area (Å²) in [5.41, 5.74) is 0.0241. The predicted molar refractivity (Wildman–Crippen MR) is 107 cm³/mol. The van der Waals surface area contributed by atoms with E-state index in [0.717, 1.165) is 12.1 Å². The molecule has 0 bridgehead atoms. The number of hydrogen-bond acceptors (Lipinski definition) is 4. The van der Waals surface area contributed by atoms with Crippen molar-refractivity contribution in [1.82, 2.24) is 9.55 Å². The first kappa shape index (κ1) is 19.3. The van der Waals surface area contributed by atoms with E-state index in [1.54, 1.807) is 60.1 Å². The summed E-state index contributed by atoms with van der Waals surface area (Å²) in [7, 11) is -2.62. The molecule has 0 aliphatic carbocycles. The Hall–Kier alpha value is -3.07. The van der Waals surface area contributed by atoms with Crippen LogP contribution in [0, 0.1) is 5.82 Å². The Balaban J connectivity index is 2.05. The molecule has 1 aromatic heterocycles. The van der Waals surface area contributed by atoms with E-state index >= 15 is 0 Å². The average molecular weight is 411 g/mol. The van der Waals surface area contributed by atoms with E-state index in [0.29, 0.717) is 16.6 Å². The van der Waals surface area contributed by atoms with Gasteiger partial charge in [0, 0.05) is 13.1 Å². The summed E-state index contributed by atoms with van der Waals surface area (Å²) < 4.78 is 39.3. The quantitative estimate of drug-likeness (QED) is 0.539. The highest BCUT2D eigenvalue weighted by Gasteiger charge is 2.38. The van der Waals surface area contributed by atoms with Crippen LogP contribution in [0.1, 0.15) is 17.0 Å². The SMILES string of the molecule is Cn1c(C(O)(c2ccccc2)c2ccccc2)nc2cc(F)c(S(N)(=O)=O)cc21. The van der Waals surface area contributed by atoms with Gasteiger partial charge in [-0.1, -0.05) is 60.7 Å². The van der Waals surface area contributed by atoms with Crippen LogP contribution >= 0.6 is 0 Å². The molecule has 0 amide bonds. The van der Waals surface area contributed by atoms with Crippen LogP contribution in [0.5, 0.6) is 0 Å². The van der Waals surface area contributed by atoms with Crippen molar-refractivity contribution in [2.45, 2.75) is 10.5 Å². The van der Waals surface area contributed by atoms with Gasteiger partial charge in [-0.3, -0.25) is 0 Å². The van der Waals surface area contributed by atoms with Gasteiger partial charge in [0.25, 0.3) is 0 Å². The van der Waals surface area contributed by atoms with E-state index in [4.69, 9.17) is 5.14 Å². The van der Waals surface area contributed by atoms with Crippen LogP contribution in [-0.2, 0) is 22.7 Å². The van der Waals surface area contributed by atoms with Crippen LogP contribution in [0.3, 0.4) is 0 Å². The number of fused-ring (bicyclic) bond motifs is 1. The third kappa shape index (κ3) is 3.11. The third-order valence-corrected chi connectivity index (χ3v) is 5.87. The molecule has 4 aromatic rings. The standard InChI is InChI=1S/C21H18FN3O3S/c1-25-18-13-19(29(23,27)28)16(22)12-17(18)24-20(25)21(26,14-8-4-2-5-9-14)15-10-6-3-7-11-15/h2-13,26H,1H3,(H2,23,27,28). The topological polar surface area (TPSA) is 98.2 Å². The summed E-state index contributed by atoms with van der Waals surface area (Å²) >= 11 is 0. The molecule has 0 aliphatic rings. The minimum absolute atomic E-state index is 0.206. The zero-order valence-electron chi connectivity index (χ0n) is 15.4. The fourth-order valence-corrected chi connectivity index (χ4v) is 4.13. The molecular weight excluding hydrogens is 393 g/mol. The second-order valence-electron chi connectivity index (χ2n) is 6.75. The fourth-order valence-electron chi connectivity index (χ4n) is 3.52. The Morgan fingerprint density at radius 1 is 1.00 bits per heavy atom. The molecule has 1 heterocycles. The number of sulfonamides is 1. The Morgan fingerprint density at radius 2 is 1.52 bits per heavy atom. The molecule has 0 saturated carbocycles. The zero-order chi connectivity index (χ0) is 20.8. The Bertz CT molecular complexity index is 1260. The van der Waals surface area contributed by atoms with Crippen LogP contribution in [0.4, 0.5) is 4.39 Å². The molecular formula is C21H18FN3O3S. The highest BCUT2D eigenvalue weighted by molar-refractivity contribution is 7.89. The molecule has 0 aliphatic heterocycles. The molecule has 148 valence electrons. The molecule has 0 atom stereocenters. The first-order valence-corrected chi connectivity index (χ1v) is 10.3. The Kier molecular flexibility index (Phi) is 4.49. The van der Waals surface area contributed by atoms with Crippen LogP contribution in [0.25, 0.3) is 11.0 Å². The molecule has 0 spiro atoms. The van der Waals surface area contributed by atoms with E-state index in [-0.39, 0.29) is 11.3 Å². The van der Waals surface area contributed by atoms with Crippen LogP contribution in [-0.4, -0.2) is 23.1 Å². The predicted octanol–water partition coefficient (Wildman–Crippen LogP) is 2.64. The number of nitrogens with zero attached hydrogens (tertiary/aromatic N) is 2. The second kappa shape index (κ2) is 6.77. The molecule has 0 unspecified atom stereocenters. The minimum Gasteiger partial charge on any atom is -0.373 e. The van der Waals surface area contributed by atoms with Crippen molar-refractivity contribution in [3.05, 3.63) is 95.6 Å². The van der Waals surface area contributed by atoms with Crippen LogP contribution in [0.15, 0.2) is 77.7 Å². The summed E-state index contributed by atoms with van der Waals surface area (Å²) in [5, 5.41) is 17.0. The first-order valence-electron chi connectivity index (χ1n) is 8.75. The lowest BCUT2D eigenvalue weighted by Crippen LogP contribution is -2.32. The molecule has 0 saturated heterocycles. The highest BCUT2D eigenvalue weighted by Crippen LogP contribution is 2.37. The van der Waals surface area contributed by atoms with Crippen molar-refractivity contribution in [3.8, 4) is 0 Å². The molecule has 8 heteroatoms. The largest absolute Gasteiger partial charge is 0.373 e. The third-order valence-electron chi connectivity index (χ3n) is 4.95. The summed E-state index contributed by atoms with van der Waals surface area (Å²) in [6, 6.07) is 20.1. The maximum atomic E-state index is 14.3. The zero-order valence-corrected chi connectivity index (χ0v) is 16.3. The van der Waals surface area contributed by atoms with Crippen molar-refractivity contribution in [3.63, 3.8) is 0 Å². The number of benzene rings is 3. The molecule has 3 N–H and O–H groups in total. The number of hydrogen-bond donors (Lipinski definition) is 2. The van der Waals surface area contributed by atoms with Gasteiger partial charge in [-0.15, -0.1) is 0 Å². The van der Waals surface area contributed by atoms with Crippen LogP contribution < -0.4 is 5.14 Å². The van der Waals surface area contributed by atoms with E-state index in [1.807, 2.05) is 12.1 Å². The number of halogens is 1. The number of primary sulfonamides is 1. The molecule has 0 radical (unpaired) electrons. The Morgan fingerprint density at radius 3 is 2.00 bits per heavy atom. The summed E-state index contributed by atoms with van der Waals surface area (Å²) in [6.45, 7) is 0. The maximum absolute atomic E-state index is 14.3. The minimum atomic E-state index is -4.25. The molecule has 0 fully saturated rings. The van der Waals surface area contributed by atoms with Crippen LogP contribution in [0.2, 0.25) is 0 Å². The number of aryl methyl sites for hydroxylation is 1. The number of imidazole rings is 1. The van der Waals surface area contributed by atoms with Gasteiger partial charge in [0.05, 0.1) is 11.0 Å². The smallest absolute Gasteiger partial charge is 0.241 e. The van der Waals surface area contributed by atoms with Crippen molar-refractivity contribution in [2.75, 3.05) is 0 Å². The lowest BCUT2D eigenvalue weighted by Gasteiger charge is -2.29. The van der Waals surface area contributed by atoms with Gasteiger partial charge in [-0.25, -0.2) is 22.9 Å². The summed E-state index contributed by atoms with van der Waals surface area (Å²) in [6.07, 6.45) is 0. The normalized spacial score (nSPS) is 12.4. The Labute approximate surface area is 167 Å². The van der Waals surface area contributed by atoms with Gasteiger partial charge in [-0.05, 0) is 17.2 Å². The number of aromatic nitrogens is 2. The van der Waals surface area contributed by atoms with E-state index in [1.165, 1.54) is 0 Å². The summed E-state index contributed by atoms with van der Waals surface area (Å²) in [5.74, 6) is -0.775. The van der Waals surface area contributed by atoms with Gasteiger partial charge in [0.15, 0.2) is 11.4 Å². The van der Waals surface area contributed by atoms with Crippen molar-refractivity contribution in [1.29, 1.82) is 0 Å². The maximum Gasteiger partial charge on any atom is 0.241 e. The van der Waals surface area contributed by atoms with Gasteiger partial charge >= 0.3 is 0 Å². The lowest BCUT2D eigenvalue weighted by atomic mass is 9.85. The van der Waals surface area contributed by atoms with E-state index in [2.05, 4.69) is 4.98 Å². The van der Waals surface area contributed by atoms with Crippen molar-refractivity contribution in [2.24, 2.45) is 12.2 Å². The van der Waals surface area contributed by atoms with Crippen molar-refractivity contribution >= 4 is 21.1 Å². The lowest BCUT2D eigenvalue weighted by molar-refractivity contribution is 0.113. The van der Waals surface area contributed by atoms with Gasteiger partial charge in [-0.2, -0.15) is 0 Å². The molecule has 4 rings (SSSR count). The van der Waals surface area contributed by atoms with Gasteiger partial charge in [0.2, 0.25) is 10.0 Å². The highest BCUT2D eigenvalue weighted by atomic mass is 32.2. The van der Waals surface area contributed by atoms with E-state index in [9.17, 15) is 17.9 Å². The molecule has 29 heavy (non-hydrogen) atoms.